The zero-order chi connectivity index (χ0) is 24.6. The van der Waals surface area contributed by atoms with Gasteiger partial charge in [-0.05, 0) is 81.0 Å². The lowest BCUT2D eigenvalue weighted by Crippen LogP contribution is -2.45. The molecule has 4 aliphatic rings. The van der Waals surface area contributed by atoms with E-state index in [4.69, 9.17) is 4.74 Å². The SMILES string of the molecule is CCC(O)(/C=C/C=C/[C@@H](C)C1CCC2/C(=C/C=C3C[C@@H](O)C4(CO4)[C@H](O)C3)CCCC21C)CC. The summed E-state index contributed by atoms with van der Waals surface area (Å²) < 4.78 is 5.41. The average molecular weight is 471 g/mol. The molecule has 3 saturated carbocycles. The quantitative estimate of drug-likeness (QED) is 0.333. The van der Waals surface area contributed by atoms with Crippen molar-refractivity contribution >= 4 is 0 Å². The molecule has 4 rings (SSSR count). The van der Waals surface area contributed by atoms with Gasteiger partial charge < -0.3 is 20.1 Å². The molecule has 190 valence electrons. The monoisotopic (exact) mass is 470 g/mol. The molecule has 0 aromatic heterocycles. The highest BCUT2D eigenvalue weighted by molar-refractivity contribution is 5.29. The Bertz CT molecular complexity index is 828. The lowest BCUT2D eigenvalue weighted by molar-refractivity contribution is -0.0292. The lowest BCUT2D eigenvalue weighted by atomic mass is 9.61. The zero-order valence-electron chi connectivity index (χ0n) is 21.7. The van der Waals surface area contributed by atoms with Gasteiger partial charge in [0.25, 0.3) is 0 Å². The first-order valence-corrected chi connectivity index (χ1v) is 13.6. The summed E-state index contributed by atoms with van der Waals surface area (Å²) in [4.78, 5) is 0. The minimum Gasteiger partial charge on any atom is -0.390 e. The number of rotatable bonds is 7. The van der Waals surface area contributed by atoms with Gasteiger partial charge in [0.15, 0.2) is 0 Å². The van der Waals surface area contributed by atoms with Gasteiger partial charge in [-0.1, -0.05) is 75.3 Å². The van der Waals surface area contributed by atoms with Crippen molar-refractivity contribution < 1.29 is 20.1 Å². The van der Waals surface area contributed by atoms with Crippen LogP contribution in [0.1, 0.15) is 85.5 Å². The van der Waals surface area contributed by atoms with Crippen molar-refractivity contribution in [1.82, 2.24) is 0 Å². The fourth-order valence-corrected chi connectivity index (χ4v) is 7.21. The van der Waals surface area contributed by atoms with Crippen LogP contribution in [0.3, 0.4) is 0 Å². The zero-order valence-corrected chi connectivity index (χ0v) is 21.7. The summed E-state index contributed by atoms with van der Waals surface area (Å²) in [6.07, 6.45) is 20.6. The number of hydrogen-bond donors (Lipinski definition) is 3. The molecule has 0 bridgehead atoms. The summed E-state index contributed by atoms with van der Waals surface area (Å²) in [5, 5.41) is 31.4. The Morgan fingerprint density at radius 2 is 1.76 bits per heavy atom. The van der Waals surface area contributed by atoms with Crippen molar-refractivity contribution in [1.29, 1.82) is 0 Å². The van der Waals surface area contributed by atoms with E-state index in [2.05, 4.69) is 38.2 Å². The third kappa shape index (κ3) is 4.89. The smallest absolute Gasteiger partial charge is 0.144 e. The van der Waals surface area contributed by atoms with Gasteiger partial charge in [-0.25, -0.2) is 0 Å². The summed E-state index contributed by atoms with van der Waals surface area (Å²) >= 11 is 0. The number of fused-ring (bicyclic) bond motifs is 1. The van der Waals surface area contributed by atoms with Gasteiger partial charge in [-0.3, -0.25) is 0 Å². The number of epoxide rings is 1. The Morgan fingerprint density at radius 1 is 1.09 bits per heavy atom. The number of allylic oxidation sites excluding steroid dienone is 6. The fourth-order valence-electron chi connectivity index (χ4n) is 7.21. The van der Waals surface area contributed by atoms with Crippen LogP contribution in [0.2, 0.25) is 0 Å². The van der Waals surface area contributed by atoms with Crippen LogP contribution in [0.25, 0.3) is 0 Å². The van der Waals surface area contributed by atoms with E-state index in [0.717, 1.165) is 24.8 Å². The summed E-state index contributed by atoms with van der Waals surface area (Å²) in [5.74, 6) is 1.79. The molecule has 1 aliphatic heterocycles. The third-order valence-electron chi connectivity index (χ3n) is 9.88. The highest BCUT2D eigenvalue weighted by Gasteiger charge is 2.59. The third-order valence-corrected chi connectivity index (χ3v) is 9.88. The minimum absolute atomic E-state index is 0.321. The molecule has 4 nitrogen and oxygen atoms in total. The maximum absolute atomic E-state index is 10.5. The molecule has 1 heterocycles. The van der Waals surface area contributed by atoms with Crippen LogP contribution < -0.4 is 0 Å². The summed E-state index contributed by atoms with van der Waals surface area (Å²) in [7, 11) is 0. The molecule has 3 aliphatic carbocycles. The molecule has 0 radical (unpaired) electrons. The largest absolute Gasteiger partial charge is 0.390 e. The Balaban J connectivity index is 1.42. The first kappa shape index (κ1) is 25.9. The molecule has 6 atom stereocenters. The standard InChI is InChI=1S/C30H46O4/c1-5-29(33,6-2)17-8-7-10-21(3)24-14-15-25-23(11-9-16-28(24,25)4)13-12-22-18-26(31)30(20-34-30)27(32)19-22/h7-8,10,12-13,17,21,24-27,31-33H,5-6,9,11,14-16,18-20H2,1-4H3/b10-7+,17-8+,22-12?,23-13+/t21-,24?,25?,26-,27-,28?,30?/m1/s1. The van der Waals surface area contributed by atoms with Crippen molar-refractivity contribution in [2.24, 2.45) is 23.2 Å². The van der Waals surface area contributed by atoms with Crippen molar-refractivity contribution in [3.63, 3.8) is 0 Å². The summed E-state index contributed by atoms with van der Waals surface area (Å²) in [5.41, 5.74) is 1.64. The predicted octanol–water partition coefficient (Wildman–Crippen LogP) is 5.64. The topological polar surface area (TPSA) is 73.2 Å². The Kier molecular flexibility index (Phi) is 7.65. The highest BCUT2D eigenvalue weighted by atomic mass is 16.6. The van der Waals surface area contributed by atoms with E-state index in [0.29, 0.717) is 42.6 Å². The number of aliphatic hydroxyl groups is 3. The Morgan fingerprint density at radius 3 is 2.38 bits per heavy atom. The average Bonchev–Trinajstić information content (AvgIpc) is 3.55. The van der Waals surface area contributed by atoms with E-state index in [1.165, 1.54) is 25.7 Å². The molecular formula is C30H46O4. The molecule has 34 heavy (non-hydrogen) atoms. The van der Waals surface area contributed by atoms with E-state index in [1.807, 2.05) is 26.0 Å². The van der Waals surface area contributed by atoms with Gasteiger partial charge in [0, 0.05) is 0 Å². The van der Waals surface area contributed by atoms with Crippen LogP contribution in [0.15, 0.2) is 47.6 Å². The first-order chi connectivity index (χ1) is 16.2. The van der Waals surface area contributed by atoms with Gasteiger partial charge in [0.05, 0.1) is 24.4 Å². The molecule has 1 saturated heterocycles. The van der Waals surface area contributed by atoms with Crippen molar-refractivity contribution in [2.75, 3.05) is 6.61 Å². The van der Waals surface area contributed by atoms with E-state index < -0.39 is 23.4 Å². The molecule has 3 N–H and O–H groups in total. The molecule has 4 heteroatoms. The van der Waals surface area contributed by atoms with Crippen LogP contribution in [-0.2, 0) is 4.74 Å². The lowest BCUT2D eigenvalue weighted by Gasteiger charge is -2.44. The maximum atomic E-state index is 10.5. The Labute approximate surface area is 206 Å². The maximum Gasteiger partial charge on any atom is 0.144 e. The minimum atomic E-state index is -0.688. The van der Waals surface area contributed by atoms with Crippen LogP contribution in [-0.4, -0.2) is 45.3 Å². The first-order valence-electron chi connectivity index (χ1n) is 13.6. The second-order valence-corrected chi connectivity index (χ2v) is 11.8. The molecule has 0 aromatic carbocycles. The number of aliphatic hydroxyl groups excluding tert-OH is 2. The van der Waals surface area contributed by atoms with Gasteiger partial charge >= 0.3 is 0 Å². The molecule has 4 fully saturated rings. The van der Waals surface area contributed by atoms with Crippen LogP contribution in [0.4, 0.5) is 0 Å². The molecule has 0 aromatic rings. The fraction of sp³-hybridized carbons (Fsp3) is 0.733. The van der Waals surface area contributed by atoms with Gasteiger partial charge in [-0.15, -0.1) is 0 Å². The highest BCUT2D eigenvalue weighted by Crippen LogP contribution is 2.59. The second-order valence-electron chi connectivity index (χ2n) is 11.8. The second kappa shape index (κ2) is 10.0. The van der Waals surface area contributed by atoms with Crippen molar-refractivity contribution in [3.05, 3.63) is 47.6 Å². The molecule has 0 amide bonds. The van der Waals surface area contributed by atoms with Gasteiger partial charge in [0.2, 0.25) is 0 Å². The summed E-state index contributed by atoms with van der Waals surface area (Å²) in [6.45, 7) is 9.40. The van der Waals surface area contributed by atoms with Crippen LogP contribution in [0.5, 0.6) is 0 Å². The van der Waals surface area contributed by atoms with E-state index in [-0.39, 0.29) is 0 Å². The molecule has 3 unspecified atom stereocenters. The summed E-state index contributed by atoms with van der Waals surface area (Å²) in [6, 6.07) is 0. The van der Waals surface area contributed by atoms with Crippen LogP contribution >= 0.6 is 0 Å². The van der Waals surface area contributed by atoms with Crippen molar-refractivity contribution in [3.8, 4) is 0 Å². The number of ether oxygens (including phenoxy) is 1. The predicted molar refractivity (Wildman–Crippen MR) is 137 cm³/mol. The normalized spacial score (nSPS) is 40.4. The number of hydrogen-bond acceptors (Lipinski definition) is 4. The van der Waals surface area contributed by atoms with E-state index in [9.17, 15) is 15.3 Å². The Hall–Kier alpha value is -1.20. The van der Waals surface area contributed by atoms with Gasteiger partial charge in [0.1, 0.15) is 5.60 Å². The molecule has 1 spiro atoms. The van der Waals surface area contributed by atoms with Gasteiger partial charge in [-0.2, -0.15) is 0 Å². The molecular weight excluding hydrogens is 424 g/mol. The van der Waals surface area contributed by atoms with E-state index in [1.54, 1.807) is 5.57 Å². The van der Waals surface area contributed by atoms with Crippen molar-refractivity contribution in [2.45, 2.75) is 109 Å². The van der Waals surface area contributed by atoms with E-state index >= 15 is 0 Å². The van der Waals surface area contributed by atoms with Crippen LogP contribution in [0, 0.1) is 23.2 Å².